The van der Waals surface area contributed by atoms with Crippen LogP contribution in [0.1, 0.15) is 6.42 Å². The highest BCUT2D eigenvalue weighted by molar-refractivity contribution is 6.06. The molecule has 0 unspecified atom stereocenters. The maximum absolute atomic E-state index is 10.5. The molecule has 0 aliphatic heterocycles. The van der Waals surface area contributed by atoms with Gasteiger partial charge in [-0.25, -0.2) is 14.4 Å². The van der Waals surface area contributed by atoms with Crippen LogP contribution in [0.2, 0.25) is 0 Å². The number of carboxylic acids is 3. The van der Waals surface area contributed by atoms with Crippen LogP contribution in [0.5, 0.6) is 0 Å². The van der Waals surface area contributed by atoms with Crippen molar-refractivity contribution >= 4 is 17.9 Å². The van der Waals surface area contributed by atoms with Crippen molar-refractivity contribution in [3.05, 3.63) is 22.8 Å². The van der Waals surface area contributed by atoms with Crippen LogP contribution in [0.25, 0.3) is 0 Å². The van der Waals surface area contributed by atoms with E-state index in [1.54, 1.807) is 0 Å². The summed E-state index contributed by atoms with van der Waals surface area (Å²) in [5.41, 5.74) is -1.08. The smallest absolute Gasteiger partial charge is 0.336 e. The van der Waals surface area contributed by atoms with Crippen LogP contribution < -0.4 is 0 Å². The second-order valence-electron chi connectivity index (χ2n) is 2.65. The minimum absolute atomic E-state index is 0.222. The molecule has 0 radical (unpaired) electrons. The molecule has 1 aliphatic carbocycles. The number of hydrogen-bond acceptors (Lipinski definition) is 3. The highest BCUT2D eigenvalue weighted by atomic mass is 16.4. The fourth-order valence-corrected chi connectivity index (χ4v) is 1.12. The van der Waals surface area contributed by atoms with Gasteiger partial charge in [-0.05, 0) is 6.08 Å². The van der Waals surface area contributed by atoms with Gasteiger partial charge in [0.05, 0.1) is 11.1 Å². The van der Waals surface area contributed by atoms with Crippen LogP contribution in [0, 0.1) is 0 Å². The first kappa shape index (κ1) is 9.97. The summed E-state index contributed by atoms with van der Waals surface area (Å²) in [6.45, 7) is 0. The van der Waals surface area contributed by atoms with Gasteiger partial charge in [-0.2, -0.15) is 0 Å². The molecule has 0 aromatic heterocycles. The molecule has 0 amide bonds. The Morgan fingerprint density at radius 2 is 1.57 bits per heavy atom. The minimum atomic E-state index is -1.43. The highest BCUT2D eigenvalue weighted by Gasteiger charge is 2.28. The second-order valence-corrected chi connectivity index (χ2v) is 2.65. The van der Waals surface area contributed by atoms with Crippen molar-refractivity contribution in [1.82, 2.24) is 0 Å². The topological polar surface area (TPSA) is 112 Å². The van der Waals surface area contributed by atoms with Gasteiger partial charge in [-0.15, -0.1) is 0 Å². The molecule has 6 nitrogen and oxygen atoms in total. The van der Waals surface area contributed by atoms with Crippen molar-refractivity contribution in [2.75, 3.05) is 0 Å². The third-order valence-corrected chi connectivity index (χ3v) is 1.77. The lowest BCUT2D eigenvalue weighted by atomic mass is 10.1. The largest absolute Gasteiger partial charge is 0.478 e. The van der Waals surface area contributed by atoms with Crippen molar-refractivity contribution in [2.24, 2.45) is 0 Å². The fourth-order valence-electron chi connectivity index (χ4n) is 1.12. The van der Waals surface area contributed by atoms with Crippen molar-refractivity contribution in [3.8, 4) is 0 Å². The number of rotatable bonds is 3. The van der Waals surface area contributed by atoms with Crippen LogP contribution in [0.3, 0.4) is 0 Å². The zero-order chi connectivity index (χ0) is 10.9. The van der Waals surface area contributed by atoms with Gasteiger partial charge in [0.25, 0.3) is 0 Å². The van der Waals surface area contributed by atoms with E-state index in [9.17, 15) is 14.4 Å². The summed E-state index contributed by atoms with van der Waals surface area (Å²) in [6.07, 6.45) is 0.514. The van der Waals surface area contributed by atoms with Crippen LogP contribution >= 0.6 is 0 Å². The molecule has 6 heteroatoms. The molecule has 0 fully saturated rings. The molecule has 0 aromatic carbocycles. The molecule has 14 heavy (non-hydrogen) atoms. The van der Waals surface area contributed by atoms with Crippen LogP contribution in [0.15, 0.2) is 22.8 Å². The zero-order valence-corrected chi connectivity index (χ0v) is 6.85. The van der Waals surface area contributed by atoms with E-state index >= 15 is 0 Å². The van der Waals surface area contributed by atoms with E-state index in [4.69, 9.17) is 15.3 Å². The summed E-state index contributed by atoms with van der Waals surface area (Å²) in [5.74, 6) is -4.14. The first-order valence-electron chi connectivity index (χ1n) is 3.57. The molecule has 0 saturated carbocycles. The number of carbonyl (C=O) groups is 3. The predicted octanol–water partition coefficient (Wildman–Crippen LogP) is -0.133. The van der Waals surface area contributed by atoms with E-state index < -0.39 is 29.1 Å². The van der Waals surface area contributed by atoms with Crippen molar-refractivity contribution in [3.63, 3.8) is 0 Å². The fraction of sp³-hybridized carbons (Fsp3) is 0.125. The molecule has 0 atom stereocenters. The van der Waals surface area contributed by atoms with Crippen molar-refractivity contribution in [2.45, 2.75) is 6.42 Å². The molecule has 0 bridgehead atoms. The van der Waals surface area contributed by atoms with Gasteiger partial charge < -0.3 is 15.3 Å². The van der Waals surface area contributed by atoms with E-state index in [0.29, 0.717) is 0 Å². The number of carboxylic acid groups (broad SMARTS) is 3. The lowest BCUT2D eigenvalue weighted by Gasteiger charge is -1.96. The van der Waals surface area contributed by atoms with Crippen LogP contribution in [-0.4, -0.2) is 33.2 Å². The quantitative estimate of drug-likeness (QED) is 0.582. The summed E-state index contributed by atoms with van der Waals surface area (Å²) in [4.78, 5) is 31.5. The summed E-state index contributed by atoms with van der Waals surface area (Å²) >= 11 is 0. The maximum atomic E-state index is 10.5. The van der Waals surface area contributed by atoms with E-state index in [1.165, 1.54) is 0 Å². The molecular formula is C8H6O6. The third kappa shape index (κ3) is 1.63. The summed E-state index contributed by atoms with van der Waals surface area (Å²) < 4.78 is 0. The Labute approximate surface area is 77.8 Å². The summed E-state index contributed by atoms with van der Waals surface area (Å²) in [5, 5.41) is 25.7. The molecule has 0 saturated heterocycles. The first-order valence-corrected chi connectivity index (χ1v) is 3.57. The predicted molar refractivity (Wildman–Crippen MR) is 42.6 cm³/mol. The Balaban J connectivity index is 3.10. The van der Waals surface area contributed by atoms with Crippen LogP contribution in [0.4, 0.5) is 0 Å². The average molecular weight is 198 g/mol. The monoisotopic (exact) mass is 198 g/mol. The van der Waals surface area contributed by atoms with Gasteiger partial charge in [0.15, 0.2) is 0 Å². The normalized spacial score (nSPS) is 15.3. The molecule has 74 valence electrons. The van der Waals surface area contributed by atoms with E-state index in [-0.39, 0.29) is 12.0 Å². The summed E-state index contributed by atoms with van der Waals surface area (Å²) in [6, 6.07) is 0. The van der Waals surface area contributed by atoms with Gasteiger partial charge in [0.2, 0.25) is 0 Å². The lowest BCUT2D eigenvalue weighted by Crippen LogP contribution is -2.07. The standard InChI is InChI=1S/C8H6O6/c9-6(10)3-1-4(7(11)12)5(2-3)8(13)14/h1H,2H2,(H,9,10)(H,11,12)(H,13,14). The van der Waals surface area contributed by atoms with E-state index in [1.807, 2.05) is 0 Å². The molecular weight excluding hydrogens is 192 g/mol. The highest BCUT2D eigenvalue weighted by Crippen LogP contribution is 2.25. The van der Waals surface area contributed by atoms with Gasteiger partial charge in [-0.3, -0.25) is 0 Å². The molecule has 0 aromatic rings. The molecule has 0 heterocycles. The Morgan fingerprint density at radius 3 is 1.86 bits per heavy atom. The van der Waals surface area contributed by atoms with Gasteiger partial charge in [0.1, 0.15) is 0 Å². The molecule has 0 spiro atoms. The van der Waals surface area contributed by atoms with E-state index in [0.717, 1.165) is 6.08 Å². The second kappa shape index (κ2) is 3.33. The molecule has 1 aliphatic rings. The Bertz CT molecular complexity index is 387. The Hall–Kier alpha value is -2.11. The number of hydrogen-bond donors (Lipinski definition) is 3. The molecule has 1 rings (SSSR count). The van der Waals surface area contributed by atoms with E-state index in [2.05, 4.69) is 0 Å². The SMILES string of the molecule is O=C(O)C1=CC(C(=O)O)=C(C(=O)O)C1. The van der Waals surface area contributed by atoms with Gasteiger partial charge in [-0.1, -0.05) is 0 Å². The van der Waals surface area contributed by atoms with Crippen molar-refractivity contribution < 1.29 is 29.7 Å². The summed E-state index contributed by atoms with van der Waals surface area (Å²) in [7, 11) is 0. The third-order valence-electron chi connectivity index (χ3n) is 1.77. The zero-order valence-electron chi connectivity index (χ0n) is 6.85. The molecule has 3 N–H and O–H groups in total. The van der Waals surface area contributed by atoms with Gasteiger partial charge >= 0.3 is 17.9 Å². The van der Waals surface area contributed by atoms with Crippen LogP contribution in [-0.2, 0) is 14.4 Å². The Morgan fingerprint density at radius 1 is 1.00 bits per heavy atom. The Kier molecular flexibility index (Phi) is 2.37. The first-order chi connectivity index (χ1) is 6.43. The average Bonchev–Trinajstić information content (AvgIpc) is 2.47. The minimum Gasteiger partial charge on any atom is -0.478 e. The number of aliphatic carboxylic acids is 3. The maximum Gasteiger partial charge on any atom is 0.336 e. The van der Waals surface area contributed by atoms with Gasteiger partial charge in [0, 0.05) is 12.0 Å². The lowest BCUT2D eigenvalue weighted by molar-refractivity contribution is -0.135. The van der Waals surface area contributed by atoms with Crippen molar-refractivity contribution in [1.29, 1.82) is 0 Å².